The molecule has 0 unspecified atom stereocenters. The van der Waals surface area contributed by atoms with Gasteiger partial charge in [-0.1, -0.05) is 0 Å². The molecule has 0 aromatic carbocycles. The highest BCUT2D eigenvalue weighted by Crippen LogP contribution is 2.23. The Morgan fingerprint density at radius 1 is 1.60 bits per heavy atom. The van der Waals surface area contributed by atoms with Crippen LogP contribution < -0.4 is 0 Å². The van der Waals surface area contributed by atoms with Gasteiger partial charge in [-0.2, -0.15) is 5.26 Å². The van der Waals surface area contributed by atoms with Gasteiger partial charge in [0.05, 0.1) is 23.7 Å². The predicted molar refractivity (Wildman–Crippen MR) is 49.4 cm³/mol. The lowest BCUT2D eigenvalue weighted by molar-refractivity contribution is 0.145. The van der Waals surface area contributed by atoms with Crippen molar-refractivity contribution in [1.82, 2.24) is 4.98 Å². The number of halogens is 3. The lowest BCUT2D eigenvalue weighted by atomic mass is 10.1. The molecule has 15 heavy (non-hydrogen) atoms. The van der Waals surface area contributed by atoms with E-state index >= 15 is 0 Å². The minimum atomic E-state index is -2.82. The zero-order valence-corrected chi connectivity index (χ0v) is 8.30. The van der Waals surface area contributed by atoms with Crippen LogP contribution in [0.3, 0.4) is 0 Å². The van der Waals surface area contributed by atoms with Crippen molar-refractivity contribution < 1.29 is 13.9 Å². The van der Waals surface area contributed by atoms with Crippen LogP contribution in [-0.2, 0) is 12.5 Å². The number of hydrogen-bond acceptors (Lipinski definition) is 3. The van der Waals surface area contributed by atoms with E-state index in [2.05, 4.69) is 4.98 Å². The summed E-state index contributed by atoms with van der Waals surface area (Å²) in [4.78, 5) is 3.57. The Kier molecular flexibility index (Phi) is 3.95. The highest BCUT2D eigenvalue weighted by atomic mass is 35.5. The Hall–Kier alpha value is -1.25. The Morgan fingerprint density at radius 3 is 2.67 bits per heavy atom. The van der Waals surface area contributed by atoms with E-state index in [1.807, 2.05) is 0 Å². The average molecular weight is 233 g/mol. The molecule has 0 bridgehead atoms. The molecule has 0 atom stereocenters. The number of rotatable bonds is 3. The van der Waals surface area contributed by atoms with Crippen molar-refractivity contribution >= 4 is 11.6 Å². The second-order valence-corrected chi connectivity index (χ2v) is 3.00. The fraction of sp³-hybridized carbons (Fsp3) is 0.333. The Labute approximate surface area is 89.9 Å². The maximum Gasteiger partial charge on any atom is 0.281 e. The Balaban J connectivity index is 3.36. The molecule has 0 amide bonds. The van der Waals surface area contributed by atoms with Gasteiger partial charge in [0.2, 0.25) is 0 Å². The van der Waals surface area contributed by atoms with E-state index in [4.69, 9.17) is 22.0 Å². The normalized spacial score (nSPS) is 10.4. The van der Waals surface area contributed by atoms with Crippen LogP contribution in [0.15, 0.2) is 6.07 Å². The largest absolute Gasteiger partial charge is 0.392 e. The smallest absolute Gasteiger partial charge is 0.281 e. The number of hydrogen-bond donors (Lipinski definition) is 1. The van der Waals surface area contributed by atoms with E-state index in [-0.39, 0.29) is 23.7 Å². The predicted octanol–water partition coefficient (Wildman–Crippen LogP) is 2.12. The van der Waals surface area contributed by atoms with Crippen LogP contribution in [0, 0.1) is 11.3 Å². The van der Waals surface area contributed by atoms with Crippen molar-refractivity contribution in [1.29, 1.82) is 5.26 Å². The molecular formula is C9H7ClF2N2O. The number of pyridine rings is 1. The van der Waals surface area contributed by atoms with Gasteiger partial charge in [-0.25, -0.2) is 13.8 Å². The molecule has 1 heterocycles. The average Bonchev–Trinajstić information content (AvgIpc) is 2.26. The standard InChI is InChI=1S/C9H7ClF2N2O/c10-2-7-6(4-15)1-5(3-13)8(14-7)9(11)12/h1,9,15H,2,4H2. The summed E-state index contributed by atoms with van der Waals surface area (Å²) in [5, 5.41) is 17.5. The summed E-state index contributed by atoms with van der Waals surface area (Å²) in [6, 6.07) is 2.79. The fourth-order valence-electron chi connectivity index (χ4n) is 1.12. The Morgan fingerprint density at radius 2 is 2.27 bits per heavy atom. The molecule has 0 aliphatic heterocycles. The molecule has 3 nitrogen and oxygen atoms in total. The molecule has 0 aliphatic carbocycles. The van der Waals surface area contributed by atoms with Crippen molar-refractivity contribution in [2.75, 3.05) is 0 Å². The van der Waals surface area contributed by atoms with E-state index < -0.39 is 12.1 Å². The first kappa shape index (κ1) is 11.8. The monoisotopic (exact) mass is 232 g/mol. The van der Waals surface area contributed by atoms with Crippen LogP contribution in [0.4, 0.5) is 8.78 Å². The summed E-state index contributed by atoms with van der Waals surface area (Å²) in [7, 11) is 0. The topological polar surface area (TPSA) is 56.9 Å². The molecule has 6 heteroatoms. The Bertz CT molecular complexity index is 404. The van der Waals surface area contributed by atoms with Gasteiger partial charge in [-0.15, -0.1) is 11.6 Å². The minimum absolute atomic E-state index is 0.0820. The first-order chi connectivity index (χ1) is 7.13. The summed E-state index contributed by atoms with van der Waals surface area (Å²) in [5.74, 6) is -0.0820. The number of aliphatic hydroxyl groups is 1. The number of alkyl halides is 3. The first-order valence-electron chi connectivity index (χ1n) is 4.01. The zero-order valence-electron chi connectivity index (χ0n) is 7.54. The molecule has 1 N–H and O–H groups in total. The molecule has 0 fully saturated rings. The number of nitriles is 1. The SMILES string of the molecule is N#Cc1cc(CO)c(CCl)nc1C(F)F. The second-order valence-electron chi connectivity index (χ2n) is 2.73. The molecule has 0 aliphatic rings. The van der Waals surface area contributed by atoms with Crippen LogP contribution in [0.5, 0.6) is 0 Å². The maximum atomic E-state index is 12.4. The highest BCUT2D eigenvalue weighted by Gasteiger charge is 2.18. The third-order valence-electron chi connectivity index (χ3n) is 1.84. The molecule has 0 radical (unpaired) electrons. The van der Waals surface area contributed by atoms with E-state index in [1.54, 1.807) is 6.07 Å². The van der Waals surface area contributed by atoms with Crippen LogP contribution in [0.25, 0.3) is 0 Å². The quantitative estimate of drug-likeness (QED) is 0.812. The van der Waals surface area contributed by atoms with Gasteiger partial charge in [-0.3, -0.25) is 0 Å². The van der Waals surface area contributed by atoms with Gasteiger partial charge in [-0.05, 0) is 6.07 Å². The molecule has 1 rings (SSSR count). The molecule has 1 aromatic rings. The summed E-state index contributed by atoms with van der Waals surface area (Å²) in [5.41, 5.74) is -0.354. The van der Waals surface area contributed by atoms with Crippen LogP contribution in [0.1, 0.15) is 28.9 Å². The summed E-state index contributed by atoms with van der Waals surface area (Å²) < 4.78 is 24.9. The third-order valence-corrected chi connectivity index (χ3v) is 2.10. The second kappa shape index (κ2) is 5.01. The van der Waals surface area contributed by atoms with Crippen molar-refractivity contribution in [3.8, 4) is 6.07 Å². The van der Waals surface area contributed by atoms with E-state index in [0.717, 1.165) is 0 Å². The lowest BCUT2D eigenvalue weighted by Gasteiger charge is -2.08. The van der Waals surface area contributed by atoms with E-state index in [0.29, 0.717) is 5.56 Å². The molecule has 80 valence electrons. The number of aliphatic hydroxyl groups excluding tert-OH is 1. The van der Waals surface area contributed by atoms with Gasteiger partial charge in [0.25, 0.3) is 6.43 Å². The molecule has 0 spiro atoms. The van der Waals surface area contributed by atoms with Crippen molar-refractivity contribution in [3.05, 3.63) is 28.6 Å². The molecule has 0 saturated carbocycles. The van der Waals surface area contributed by atoms with Crippen molar-refractivity contribution in [2.24, 2.45) is 0 Å². The van der Waals surface area contributed by atoms with Gasteiger partial charge >= 0.3 is 0 Å². The lowest BCUT2D eigenvalue weighted by Crippen LogP contribution is -2.03. The van der Waals surface area contributed by atoms with E-state index in [1.165, 1.54) is 6.07 Å². The molecule has 0 saturated heterocycles. The van der Waals surface area contributed by atoms with Gasteiger partial charge < -0.3 is 5.11 Å². The molecule has 1 aromatic heterocycles. The highest BCUT2D eigenvalue weighted by molar-refractivity contribution is 6.17. The fourth-order valence-corrected chi connectivity index (χ4v) is 1.35. The first-order valence-corrected chi connectivity index (χ1v) is 4.55. The molecular weight excluding hydrogens is 226 g/mol. The number of nitrogens with zero attached hydrogens (tertiary/aromatic N) is 2. The third kappa shape index (κ3) is 2.41. The van der Waals surface area contributed by atoms with Crippen molar-refractivity contribution in [2.45, 2.75) is 18.9 Å². The van der Waals surface area contributed by atoms with Gasteiger partial charge in [0.15, 0.2) is 0 Å². The van der Waals surface area contributed by atoms with Crippen LogP contribution >= 0.6 is 11.6 Å². The maximum absolute atomic E-state index is 12.4. The van der Waals surface area contributed by atoms with Gasteiger partial charge in [0.1, 0.15) is 11.8 Å². The van der Waals surface area contributed by atoms with Crippen LogP contribution in [0.2, 0.25) is 0 Å². The summed E-state index contributed by atoms with van der Waals surface area (Å²) in [6.45, 7) is -0.382. The van der Waals surface area contributed by atoms with Crippen molar-refractivity contribution in [3.63, 3.8) is 0 Å². The van der Waals surface area contributed by atoms with E-state index in [9.17, 15) is 8.78 Å². The van der Waals surface area contributed by atoms with Gasteiger partial charge in [0, 0.05) is 5.56 Å². The summed E-state index contributed by atoms with van der Waals surface area (Å²) in [6.07, 6.45) is -2.82. The summed E-state index contributed by atoms with van der Waals surface area (Å²) >= 11 is 5.48. The van der Waals surface area contributed by atoms with Crippen LogP contribution in [-0.4, -0.2) is 10.1 Å². The minimum Gasteiger partial charge on any atom is -0.392 e. The number of aromatic nitrogens is 1. The zero-order chi connectivity index (χ0) is 11.4.